The first-order chi connectivity index (χ1) is 8.17. The van der Waals surface area contributed by atoms with E-state index in [1.807, 2.05) is 6.08 Å². The summed E-state index contributed by atoms with van der Waals surface area (Å²) in [6, 6.07) is 0. The third-order valence-corrected chi connectivity index (χ3v) is 3.00. The van der Waals surface area contributed by atoms with E-state index in [1.165, 1.54) is 10.8 Å². The van der Waals surface area contributed by atoms with Crippen molar-refractivity contribution in [3.8, 4) is 0 Å². The molecule has 1 aliphatic heterocycles. The molecular formula is C11H11N3O3. The van der Waals surface area contributed by atoms with Crippen molar-refractivity contribution >= 4 is 6.21 Å². The van der Waals surface area contributed by atoms with E-state index in [1.54, 1.807) is 0 Å². The maximum absolute atomic E-state index is 11.5. The van der Waals surface area contributed by atoms with E-state index in [9.17, 15) is 9.59 Å². The minimum atomic E-state index is -0.537. The minimum Gasteiger partial charge on any atom is -0.493 e. The molecule has 2 unspecified atom stereocenters. The molecule has 2 heterocycles. The lowest BCUT2D eigenvalue weighted by Crippen LogP contribution is -2.32. The average molecular weight is 233 g/mol. The van der Waals surface area contributed by atoms with Gasteiger partial charge in [0.1, 0.15) is 11.9 Å². The van der Waals surface area contributed by atoms with E-state index < -0.39 is 11.2 Å². The van der Waals surface area contributed by atoms with Crippen LogP contribution in [-0.4, -0.2) is 21.9 Å². The van der Waals surface area contributed by atoms with Crippen molar-refractivity contribution in [1.82, 2.24) is 9.55 Å². The molecule has 0 bridgehead atoms. The molecule has 0 saturated heterocycles. The van der Waals surface area contributed by atoms with Gasteiger partial charge in [-0.1, -0.05) is 0 Å². The maximum Gasteiger partial charge on any atom is 0.328 e. The molecule has 0 spiro atoms. The molecule has 0 aromatic carbocycles. The van der Waals surface area contributed by atoms with Crippen LogP contribution in [-0.2, 0) is 11.3 Å². The van der Waals surface area contributed by atoms with Crippen LogP contribution < -0.4 is 11.2 Å². The van der Waals surface area contributed by atoms with Crippen LogP contribution in [0.5, 0.6) is 0 Å². The molecule has 1 aliphatic carbocycles. The van der Waals surface area contributed by atoms with Gasteiger partial charge in [-0.05, 0) is 12.5 Å². The van der Waals surface area contributed by atoms with E-state index >= 15 is 0 Å². The minimum absolute atomic E-state index is 0.161. The van der Waals surface area contributed by atoms with Gasteiger partial charge in [-0.15, -0.1) is 0 Å². The Kier molecular flexibility index (Phi) is 2.04. The van der Waals surface area contributed by atoms with Gasteiger partial charge in [0.25, 0.3) is 5.56 Å². The van der Waals surface area contributed by atoms with E-state index in [0.29, 0.717) is 18.6 Å². The van der Waals surface area contributed by atoms with Gasteiger partial charge in [0.2, 0.25) is 0 Å². The first-order valence-electron chi connectivity index (χ1n) is 5.39. The summed E-state index contributed by atoms with van der Waals surface area (Å²) in [5, 5.41) is 7.07. The smallest absolute Gasteiger partial charge is 0.328 e. The molecule has 6 heteroatoms. The van der Waals surface area contributed by atoms with Gasteiger partial charge in [0, 0.05) is 18.3 Å². The summed E-state index contributed by atoms with van der Waals surface area (Å²) in [5.41, 5.74) is -0.857. The van der Waals surface area contributed by atoms with Crippen LogP contribution in [0.1, 0.15) is 12.0 Å². The van der Waals surface area contributed by atoms with Gasteiger partial charge >= 0.3 is 5.69 Å². The molecule has 3 rings (SSSR count). The monoisotopic (exact) mass is 233 g/mol. The van der Waals surface area contributed by atoms with Crippen LogP contribution in [0.15, 0.2) is 27.6 Å². The third kappa shape index (κ3) is 1.71. The Morgan fingerprint density at radius 1 is 1.59 bits per heavy atom. The molecule has 6 nitrogen and oxygen atoms in total. The van der Waals surface area contributed by atoms with Crippen molar-refractivity contribution in [2.45, 2.75) is 19.1 Å². The zero-order valence-electron chi connectivity index (χ0n) is 8.97. The van der Waals surface area contributed by atoms with Crippen molar-refractivity contribution in [1.29, 1.82) is 5.41 Å². The molecule has 2 N–H and O–H groups in total. The summed E-state index contributed by atoms with van der Waals surface area (Å²) in [6.07, 6.45) is 5.69. The van der Waals surface area contributed by atoms with Gasteiger partial charge in [-0.2, -0.15) is 0 Å². The summed E-state index contributed by atoms with van der Waals surface area (Å²) in [4.78, 5) is 25.0. The average Bonchev–Trinajstić information content (AvgIpc) is 2.90. The summed E-state index contributed by atoms with van der Waals surface area (Å²) in [6.45, 7) is 0.309. The molecule has 1 aromatic heterocycles. The molecule has 1 saturated carbocycles. The topological polar surface area (TPSA) is 87.9 Å². The number of hydrogen-bond acceptors (Lipinski definition) is 4. The van der Waals surface area contributed by atoms with Crippen molar-refractivity contribution < 1.29 is 4.74 Å². The molecule has 2 aliphatic rings. The van der Waals surface area contributed by atoms with Crippen LogP contribution in [0.3, 0.4) is 0 Å². The summed E-state index contributed by atoms with van der Waals surface area (Å²) < 4.78 is 6.90. The summed E-state index contributed by atoms with van der Waals surface area (Å²) >= 11 is 0. The second-order valence-corrected chi connectivity index (χ2v) is 4.30. The Morgan fingerprint density at radius 3 is 3.06 bits per heavy atom. The number of ether oxygens (including phenoxy) is 1. The van der Waals surface area contributed by atoms with E-state index in [2.05, 4.69) is 4.98 Å². The maximum atomic E-state index is 11.5. The van der Waals surface area contributed by atoms with E-state index in [0.717, 1.165) is 18.4 Å². The number of rotatable bonds is 3. The Labute approximate surface area is 96.1 Å². The highest BCUT2D eigenvalue weighted by atomic mass is 16.5. The number of fused-ring (bicyclic) bond motifs is 1. The van der Waals surface area contributed by atoms with Gasteiger partial charge < -0.3 is 10.1 Å². The number of nitrogens with one attached hydrogen (secondary N) is 2. The Morgan fingerprint density at radius 2 is 2.41 bits per heavy atom. The summed E-state index contributed by atoms with van der Waals surface area (Å²) in [7, 11) is 0. The fourth-order valence-corrected chi connectivity index (χ4v) is 1.98. The van der Waals surface area contributed by atoms with Crippen molar-refractivity contribution in [3.05, 3.63) is 44.4 Å². The highest BCUT2D eigenvalue weighted by molar-refractivity contribution is 5.75. The van der Waals surface area contributed by atoms with Gasteiger partial charge in [0.15, 0.2) is 0 Å². The second kappa shape index (κ2) is 3.44. The van der Waals surface area contributed by atoms with Gasteiger partial charge in [0.05, 0.1) is 12.1 Å². The van der Waals surface area contributed by atoms with E-state index in [4.69, 9.17) is 10.1 Å². The zero-order chi connectivity index (χ0) is 12.0. The molecular weight excluding hydrogens is 222 g/mol. The number of hydrogen-bond donors (Lipinski definition) is 2. The quantitative estimate of drug-likeness (QED) is 0.711. The number of aromatic amines is 1. The normalized spacial score (nSPS) is 24.8. The first kappa shape index (κ1) is 10.1. The number of nitrogens with zero attached hydrogens (tertiary/aromatic N) is 1. The number of aromatic nitrogens is 2. The standard InChI is InChI=1S/C11H11N3O3/c12-3-7-4-14(11(16)13-10(7)15)5-8-1-6-2-9(6)17-8/h1,3-4,6,9,12H,2,5H2,(H,13,15,16). The molecule has 0 radical (unpaired) electrons. The largest absolute Gasteiger partial charge is 0.493 e. The van der Waals surface area contributed by atoms with Crippen LogP contribution in [0.2, 0.25) is 0 Å². The Balaban J connectivity index is 1.92. The molecule has 1 aromatic rings. The van der Waals surface area contributed by atoms with Crippen molar-refractivity contribution in [3.63, 3.8) is 0 Å². The molecule has 2 atom stereocenters. The lowest BCUT2D eigenvalue weighted by molar-refractivity contribution is 0.193. The Bertz CT molecular complexity index is 626. The van der Waals surface area contributed by atoms with Crippen LogP contribution >= 0.6 is 0 Å². The van der Waals surface area contributed by atoms with Crippen LogP contribution in [0.4, 0.5) is 0 Å². The van der Waals surface area contributed by atoms with Gasteiger partial charge in [-0.3, -0.25) is 14.3 Å². The third-order valence-electron chi connectivity index (χ3n) is 3.00. The second-order valence-electron chi connectivity index (χ2n) is 4.30. The van der Waals surface area contributed by atoms with Crippen LogP contribution in [0.25, 0.3) is 0 Å². The predicted molar refractivity (Wildman–Crippen MR) is 60.3 cm³/mol. The molecule has 17 heavy (non-hydrogen) atoms. The zero-order valence-corrected chi connectivity index (χ0v) is 8.97. The Hall–Kier alpha value is -2.11. The first-order valence-corrected chi connectivity index (χ1v) is 5.39. The SMILES string of the molecule is N=Cc1cn(CC2=CC3CC3O2)c(=O)[nH]c1=O. The fourth-order valence-electron chi connectivity index (χ4n) is 1.98. The lowest BCUT2D eigenvalue weighted by atomic mass is 10.3. The number of H-pyrrole nitrogens is 1. The van der Waals surface area contributed by atoms with Gasteiger partial charge in [-0.25, -0.2) is 4.79 Å². The molecule has 88 valence electrons. The predicted octanol–water partition coefficient (Wildman–Crippen LogP) is -0.163. The molecule has 0 amide bonds. The van der Waals surface area contributed by atoms with Crippen molar-refractivity contribution in [2.75, 3.05) is 0 Å². The fraction of sp³-hybridized carbons (Fsp3) is 0.364. The highest BCUT2D eigenvalue weighted by Crippen LogP contribution is 2.43. The van der Waals surface area contributed by atoms with E-state index in [-0.39, 0.29) is 5.56 Å². The summed E-state index contributed by atoms with van der Waals surface area (Å²) in [5.74, 6) is 1.27. The number of allylic oxidation sites excluding steroid dienone is 1. The van der Waals surface area contributed by atoms with Crippen LogP contribution in [0, 0.1) is 11.3 Å². The highest BCUT2D eigenvalue weighted by Gasteiger charge is 2.43. The lowest BCUT2D eigenvalue weighted by Gasteiger charge is -2.08. The molecule has 1 fully saturated rings. The van der Waals surface area contributed by atoms with Crippen molar-refractivity contribution in [2.24, 2.45) is 5.92 Å².